The first-order chi connectivity index (χ1) is 9.64. The number of rotatable bonds is 5. The van der Waals surface area contributed by atoms with Crippen molar-refractivity contribution in [2.24, 2.45) is 0 Å². The first-order valence-corrected chi connectivity index (χ1v) is 8.44. The Bertz CT molecular complexity index is 635. The van der Waals surface area contributed by atoms with Gasteiger partial charge in [0.05, 0.1) is 11.8 Å². The monoisotopic (exact) mass is 308 g/mol. The Morgan fingerprint density at radius 2 is 1.81 bits per heavy atom. The molecule has 114 valence electrons. The van der Waals surface area contributed by atoms with E-state index in [0.717, 1.165) is 5.56 Å². The Labute approximate surface area is 125 Å². The molecule has 0 heterocycles. The fourth-order valence-corrected chi connectivity index (χ4v) is 2.74. The highest BCUT2D eigenvalue weighted by Gasteiger charge is 2.17. The topological polar surface area (TPSA) is 87.0 Å². The number of sulfone groups is 1. The third kappa shape index (κ3) is 5.96. The molecule has 1 aromatic carbocycles. The maximum Gasteiger partial charge on any atom is 0.239 e. The molecule has 1 rings (SSSR count). The molecule has 0 aliphatic carbocycles. The Morgan fingerprint density at radius 1 is 1.24 bits per heavy atom. The minimum atomic E-state index is -3.53. The number of amides is 1. The zero-order valence-corrected chi connectivity index (χ0v) is 13.3. The van der Waals surface area contributed by atoms with Crippen molar-refractivity contribution in [2.75, 3.05) is 16.8 Å². The van der Waals surface area contributed by atoms with Crippen LogP contribution in [0, 0.1) is 11.3 Å². The highest BCUT2D eigenvalue weighted by molar-refractivity contribution is 7.92. The second-order valence-corrected chi connectivity index (χ2v) is 8.06. The average Bonchev–Trinajstić information content (AvgIpc) is 2.35. The number of carbonyl (C=O) groups excluding carboxylic acids is 1. The number of nitriles is 1. The van der Waals surface area contributed by atoms with E-state index in [9.17, 15) is 13.2 Å². The van der Waals surface area contributed by atoms with Crippen LogP contribution in [0.5, 0.6) is 0 Å². The minimum Gasteiger partial charge on any atom is -0.325 e. The summed E-state index contributed by atoms with van der Waals surface area (Å²) in [5, 5.41) is 10.9. The van der Waals surface area contributed by atoms with Crippen LogP contribution in [-0.2, 0) is 20.0 Å². The molecule has 0 bridgehead atoms. The molecule has 1 aromatic rings. The molecule has 0 radical (unpaired) electrons. The Morgan fingerprint density at radius 3 is 2.29 bits per heavy atom. The lowest BCUT2D eigenvalue weighted by Crippen LogP contribution is -2.24. The van der Waals surface area contributed by atoms with Crippen LogP contribution < -0.4 is 5.32 Å². The number of carbonyl (C=O) groups is 1. The number of benzene rings is 1. The van der Waals surface area contributed by atoms with Crippen molar-refractivity contribution in [3.63, 3.8) is 0 Å². The van der Waals surface area contributed by atoms with Crippen molar-refractivity contribution >= 4 is 21.4 Å². The van der Waals surface area contributed by atoms with Crippen LogP contribution in [0.15, 0.2) is 24.3 Å². The standard InChI is InChI=1S/C15H20N2O3S/c1-15(2,3)12-5-7-13(8-6-12)17-14(18)11-21(19,20)10-4-9-16/h5-8H,4,10-11H2,1-3H3,(H,17,18). The maximum absolute atomic E-state index is 11.7. The van der Waals surface area contributed by atoms with E-state index in [2.05, 4.69) is 26.1 Å². The molecule has 0 unspecified atom stereocenters. The number of hydrogen-bond acceptors (Lipinski definition) is 4. The van der Waals surface area contributed by atoms with Crippen LogP contribution in [0.1, 0.15) is 32.8 Å². The lowest BCUT2D eigenvalue weighted by molar-refractivity contribution is -0.113. The smallest absolute Gasteiger partial charge is 0.239 e. The fraction of sp³-hybridized carbons (Fsp3) is 0.467. The van der Waals surface area contributed by atoms with Gasteiger partial charge in [0.15, 0.2) is 9.84 Å². The van der Waals surface area contributed by atoms with Crippen LogP contribution in [0.4, 0.5) is 5.69 Å². The van der Waals surface area contributed by atoms with Crippen LogP contribution in [0.2, 0.25) is 0 Å². The third-order valence-electron chi connectivity index (χ3n) is 2.91. The van der Waals surface area contributed by atoms with Gasteiger partial charge in [-0.25, -0.2) is 8.42 Å². The quantitative estimate of drug-likeness (QED) is 0.903. The van der Waals surface area contributed by atoms with Crippen molar-refractivity contribution < 1.29 is 13.2 Å². The van der Waals surface area contributed by atoms with Crippen molar-refractivity contribution in [1.82, 2.24) is 0 Å². The summed E-state index contributed by atoms with van der Waals surface area (Å²) in [4.78, 5) is 11.7. The van der Waals surface area contributed by atoms with Gasteiger partial charge in [0.2, 0.25) is 5.91 Å². The SMILES string of the molecule is CC(C)(C)c1ccc(NC(=O)CS(=O)(=O)CCC#N)cc1. The lowest BCUT2D eigenvalue weighted by atomic mass is 9.87. The Kier molecular flexibility index (Phi) is 5.50. The number of hydrogen-bond donors (Lipinski definition) is 1. The Hall–Kier alpha value is -1.87. The summed E-state index contributed by atoms with van der Waals surface area (Å²) in [6, 6.07) is 9.06. The van der Waals surface area contributed by atoms with Crippen molar-refractivity contribution in [2.45, 2.75) is 32.6 Å². The molecule has 1 amide bonds. The van der Waals surface area contributed by atoms with E-state index in [1.165, 1.54) is 0 Å². The van der Waals surface area contributed by atoms with Gasteiger partial charge in [-0.1, -0.05) is 32.9 Å². The predicted molar refractivity (Wildman–Crippen MR) is 82.7 cm³/mol. The third-order valence-corrected chi connectivity index (χ3v) is 4.44. The van der Waals surface area contributed by atoms with Gasteiger partial charge >= 0.3 is 0 Å². The molecule has 0 aromatic heterocycles. The fourth-order valence-electron chi connectivity index (χ4n) is 1.72. The van der Waals surface area contributed by atoms with Gasteiger partial charge in [-0.2, -0.15) is 5.26 Å². The van der Waals surface area contributed by atoms with Crippen LogP contribution >= 0.6 is 0 Å². The molecule has 0 atom stereocenters. The van der Waals surface area contributed by atoms with E-state index < -0.39 is 21.5 Å². The minimum absolute atomic E-state index is 0.0170. The van der Waals surface area contributed by atoms with E-state index in [0.29, 0.717) is 5.69 Å². The molecule has 0 spiro atoms. The molecule has 21 heavy (non-hydrogen) atoms. The number of nitrogens with zero attached hydrogens (tertiary/aromatic N) is 1. The second-order valence-electron chi connectivity index (χ2n) is 5.88. The van der Waals surface area contributed by atoms with Crippen LogP contribution in [0.25, 0.3) is 0 Å². The normalized spacial score (nSPS) is 11.7. The van der Waals surface area contributed by atoms with Crippen LogP contribution in [0.3, 0.4) is 0 Å². The maximum atomic E-state index is 11.7. The van der Waals surface area contributed by atoms with E-state index >= 15 is 0 Å². The molecular weight excluding hydrogens is 288 g/mol. The summed E-state index contributed by atoms with van der Waals surface area (Å²) in [6.07, 6.45) is -0.101. The highest BCUT2D eigenvalue weighted by Crippen LogP contribution is 2.23. The van der Waals surface area contributed by atoms with E-state index in [1.807, 2.05) is 12.1 Å². The molecule has 6 heteroatoms. The molecular formula is C15H20N2O3S. The lowest BCUT2D eigenvalue weighted by Gasteiger charge is -2.19. The first kappa shape index (κ1) is 17.2. The zero-order valence-electron chi connectivity index (χ0n) is 12.5. The molecule has 0 saturated heterocycles. The number of nitrogens with one attached hydrogen (secondary N) is 1. The van der Waals surface area contributed by atoms with Gasteiger partial charge in [0.1, 0.15) is 5.75 Å². The van der Waals surface area contributed by atoms with Gasteiger partial charge in [0.25, 0.3) is 0 Å². The van der Waals surface area contributed by atoms with Gasteiger partial charge in [-0.05, 0) is 23.1 Å². The van der Waals surface area contributed by atoms with Crippen molar-refractivity contribution in [3.05, 3.63) is 29.8 Å². The van der Waals surface area contributed by atoms with E-state index in [-0.39, 0.29) is 17.6 Å². The summed E-state index contributed by atoms with van der Waals surface area (Å²) in [5.41, 5.74) is 1.70. The zero-order chi connectivity index (χ0) is 16.1. The Balaban J connectivity index is 2.66. The predicted octanol–water partition coefficient (Wildman–Crippen LogP) is 2.25. The largest absolute Gasteiger partial charge is 0.325 e. The molecule has 5 nitrogen and oxygen atoms in total. The molecule has 0 aliphatic heterocycles. The van der Waals surface area contributed by atoms with E-state index in [4.69, 9.17) is 5.26 Å². The average molecular weight is 308 g/mol. The van der Waals surface area contributed by atoms with Gasteiger partial charge < -0.3 is 5.32 Å². The second kappa shape index (κ2) is 6.72. The van der Waals surface area contributed by atoms with Gasteiger partial charge in [-0.3, -0.25) is 4.79 Å². The summed E-state index contributed by atoms with van der Waals surface area (Å²) < 4.78 is 23.1. The molecule has 0 fully saturated rings. The summed E-state index contributed by atoms with van der Waals surface area (Å²) in [6.45, 7) is 6.26. The molecule has 0 saturated carbocycles. The summed E-state index contributed by atoms with van der Waals surface area (Å²) >= 11 is 0. The van der Waals surface area contributed by atoms with Crippen LogP contribution in [-0.4, -0.2) is 25.8 Å². The van der Waals surface area contributed by atoms with Crippen molar-refractivity contribution in [1.29, 1.82) is 5.26 Å². The highest BCUT2D eigenvalue weighted by atomic mass is 32.2. The summed E-state index contributed by atoms with van der Waals surface area (Å²) in [5.74, 6) is -1.48. The van der Waals surface area contributed by atoms with Gasteiger partial charge in [-0.15, -0.1) is 0 Å². The first-order valence-electron chi connectivity index (χ1n) is 6.62. The van der Waals surface area contributed by atoms with Gasteiger partial charge in [0, 0.05) is 12.1 Å². The molecule has 1 N–H and O–H groups in total. The summed E-state index contributed by atoms with van der Waals surface area (Å²) in [7, 11) is -3.53. The van der Waals surface area contributed by atoms with E-state index in [1.54, 1.807) is 18.2 Å². The van der Waals surface area contributed by atoms with Crippen molar-refractivity contribution in [3.8, 4) is 6.07 Å². The number of anilines is 1. The molecule has 0 aliphatic rings.